The summed E-state index contributed by atoms with van der Waals surface area (Å²) in [5, 5.41) is 3.51. The number of rotatable bonds is 4. The van der Waals surface area contributed by atoms with E-state index in [1.54, 1.807) is 0 Å². The minimum absolute atomic E-state index is 0.165. The summed E-state index contributed by atoms with van der Waals surface area (Å²) < 4.78 is 5.44. The highest BCUT2D eigenvalue weighted by Crippen LogP contribution is 2.26. The molecule has 4 nitrogen and oxygen atoms in total. The Labute approximate surface area is 138 Å². The summed E-state index contributed by atoms with van der Waals surface area (Å²) in [6.45, 7) is 15.5. The molecule has 0 amide bonds. The van der Waals surface area contributed by atoms with E-state index in [-0.39, 0.29) is 5.41 Å². The highest BCUT2D eigenvalue weighted by Gasteiger charge is 2.26. The average Bonchev–Trinajstić information content (AvgIpc) is 3.10. The molecule has 0 radical (unpaired) electrons. The number of hydrogen-bond acceptors (Lipinski definition) is 5. The fourth-order valence-electron chi connectivity index (χ4n) is 3.27. The normalized spacial score (nSPS) is 25.0. The molecule has 0 saturated carbocycles. The summed E-state index contributed by atoms with van der Waals surface area (Å²) in [7, 11) is 0. The Balaban J connectivity index is 1.47. The van der Waals surface area contributed by atoms with Crippen LogP contribution in [0, 0.1) is 5.92 Å². The first-order chi connectivity index (χ1) is 10.5. The number of ether oxygens (including phenoxy) is 1. The Hall–Kier alpha value is -0.490. The van der Waals surface area contributed by atoms with Gasteiger partial charge in [-0.25, -0.2) is 4.98 Å². The molecular formula is C17H29N3OS. The first kappa shape index (κ1) is 16.4. The molecule has 3 rings (SSSR count). The lowest BCUT2D eigenvalue weighted by atomic mass is 9.93. The van der Waals surface area contributed by atoms with Crippen LogP contribution in [0.4, 0.5) is 0 Å². The standard InChI is InChI=1S/C17H29N3OS/c1-17(2,3)15-13-22-16(18-15)12-20-5-4-14(11-20)10-19-6-8-21-9-7-19/h13-14H,4-12H2,1-3H3/t14-/m0/s1. The van der Waals surface area contributed by atoms with Crippen molar-refractivity contribution >= 4 is 11.3 Å². The van der Waals surface area contributed by atoms with Crippen molar-refractivity contribution in [1.82, 2.24) is 14.8 Å². The van der Waals surface area contributed by atoms with Crippen LogP contribution in [-0.4, -0.2) is 60.7 Å². The number of thiazole rings is 1. The second kappa shape index (κ2) is 6.95. The van der Waals surface area contributed by atoms with Gasteiger partial charge in [-0.15, -0.1) is 11.3 Å². The molecule has 2 saturated heterocycles. The van der Waals surface area contributed by atoms with Crippen LogP contribution in [0.5, 0.6) is 0 Å². The minimum Gasteiger partial charge on any atom is -0.379 e. The number of likely N-dealkylation sites (tertiary alicyclic amines) is 1. The quantitative estimate of drug-likeness (QED) is 0.851. The zero-order valence-electron chi connectivity index (χ0n) is 14.2. The molecule has 22 heavy (non-hydrogen) atoms. The molecule has 2 fully saturated rings. The van der Waals surface area contributed by atoms with E-state index >= 15 is 0 Å². The van der Waals surface area contributed by atoms with E-state index < -0.39 is 0 Å². The Morgan fingerprint density at radius 2 is 2.00 bits per heavy atom. The van der Waals surface area contributed by atoms with Crippen LogP contribution in [0.25, 0.3) is 0 Å². The van der Waals surface area contributed by atoms with E-state index in [2.05, 4.69) is 36.0 Å². The van der Waals surface area contributed by atoms with Gasteiger partial charge in [-0.05, 0) is 18.9 Å². The first-order valence-corrected chi connectivity index (χ1v) is 9.36. The lowest BCUT2D eigenvalue weighted by Crippen LogP contribution is -2.39. The molecule has 2 aliphatic heterocycles. The lowest BCUT2D eigenvalue weighted by molar-refractivity contribution is 0.0311. The van der Waals surface area contributed by atoms with Gasteiger partial charge in [0, 0.05) is 37.0 Å². The highest BCUT2D eigenvalue weighted by molar-refractivity contribution is 7.09. The second-order valence-electron chi connectivity index (χ2n) is 7.68. The number of nitrogens with zero attached hydrogens (tertiary/aromatic N) is 3. The maximum absolute atomic E-state index is 5.44. The van der Waals surface area contributed by atoms with Gasteiger partial charge in [-0.2, -0.15) is 0 Å². The summed E-state index contributed by atoms with van der Waals surface area (Å²) >= 11 is 1.82. The summed E-state index contributed by atoms with van der Waals surface area (Å²) in [6, 6.07) is 0. The zero-order valence-corrected chi connectivity index (χ0v) is 15.0. The average molecular weight is 324 g/mol. The SMILES string of the molecule is CC(C)(C)c1csc(CN2CC[C@@H](CN3CCOCC3)C2)n1. The van der Waals surface area contributed by atoms with Gasteiger partial charge in [0.15, 0.2) is 0 Å². The van der Waals surface area contributed by atoms with Crippen molar-refractivity contribution in [1.29, 1.82) is 0 Å². The summed E-state index contributed by atoms with van der Waals surface area (Å²) in [5.74, 6) is 0.820. The Morgan fingerprint density at radius 3 is 2.68 bits per heavy atom. The van der Waals surface area contributed by atoms with Crippen molar-refractivity contribution in [3.8, 4) is 0 Å². The van der Waals surface area contributed by atoms with Crippen LogP contribution in [0.2, 0.25) is 0 Å². The maximum Gasteiger partial charge on any atom is 0.107 e. The molecule has 0 bridgehead atoms. The third kappa shape index (κ3) is 4.28. The predicted molar refractivity (Wildman–Crippen MR) is 91.5 cm³/mol. The van der Waals surface area contributed by atoms with Crippen LogP contribution in [0.1, 0.15) is 37.9 Å². The van der Waals surface area contributed by atoms with Gasteiger partial charge in [0.25, 0.3) is 0 Å². The summed E-state index contributed by atoms with van der Waals surface area (Å²) in [6.07, 6.45) is 1.33. The third-order valence-corrected chi connectivity index (χ3v) is 5.50. The van der Waals surface area contributed by atoms with Crippen molar-refractivity contribution in [2.75, 3.05) is 45.9 Å². The molecule has 1 atom stereocenters. The van der Waals surface area contributed by atoms with Crippen LogP contribution in [-0.2, 0) is 16.7 Å². The van der Waals surface area contributed by atoms with Crippen LogP contribution < -0.4 is 0 Å². The Morgan fingerprint density at radius 1 is 1.23 bits per heavy atom. The van der Waals surface area contributed by atoms with Crippen molar-refractivity contribution in [2.45, 2.75) is 39.2 Å². The second-order valence-corrected chi connectivity index (χ2v) is 8.62. The molecule has 0 aliphatic carbocycles. The predicted octanol–water partition coefficient (Wildman–Crippen LogP) is 2.59. The third-order valence-electron chi connectivity index (χ3n) is 4.67. The summed E-state index contributed by atoms with van der Waals surface area (Å²) in [4.78, 5) is 9.98. The molecule has 1 aromatic rings. The number of hydrogen-bond donors (Lipinski definition) is 0. The fraction of sp³-hybridized carbons (Fsp3) is 0.824. The zero-order chi connectivity index (χ0) is 15.6. The molecule has 1 aromatic heterocycles. The molecule has 0 unspecified atom stereocenters. The summed E-state index contributed by atoms with van der Waals surface area (Å²) in [5.41, 5.74) is 1.40. The smallest absolute Gasteiger partial charge is 0.107 e. The molecule has 5 heteroatoms. The van der Waals surface area contributed by atoms with E-state index in [1.807, 2.05) is 11.3 Å². The molecule has 3 heterocycles. The van der Waals surface area contributed by atoms with Gasteiger partial charge >= 0.3 is 0 Å². The van der Waals surface area contributed by atoms with Crippen LogP contribution in [0.15, 0.2) is 5.38 Å². The molecule has 2 aliphatic rings. The molecule has 124 valence electrons. The molecular weight excluding hydrogens is 294 g/mol. The van der Waals surface area contributed by atoms with Gasteiger partial charge in [0.05, 0.1) is 25.5 Å². The fourth-order valence-corrected chi connectivity index (χ4v) is 4.34. The lowest BCUT2D eigenvalue weighted by Gasteiger charge is -2.29. The Kier molecular flexibility index (Phi) is 5.17. The van der Waals surface area contributed by atoms with E-state index in [4.69, 9.17) is 9.72 Å². The van der Waals surface area contributed by atoms with E-state index in [0.717, 1.165) is 38.8 Å². The molecule has 0 N–H and O–H groups in total. The molecule has 0 aromatic carbocycles. The minimum atomic E-state index is 0.165. The largest absolute Gasteiger partial charge is 0.379 e. The van der Waals surface area contributed by atoms with Gasteiger partial charge in [-0.3, -0.25) is 9.80 Å². The highest BCUT2D eigenvalue weighted by atomic mass is 32.1. The van der Waals surface area contributed by atoms with E-state index in [1.165, 1.54) is 36.8 Å². The van der Waals surface area contributed by atoms with Crippen LogP contribution >= 0.6 is 11.3 Å². The topological polar surface area (TPSA) is 28.6 Å². The van der Waals surface area contributed by atoms with Crippen molar-refractivity contribution in [3.63, 3.8) is 0 Å². The van der Waals surface area contributed by atoms with Crippen LogP contribution in [0.3, 0.4) is 0 Å². The van der Waals surface area contributed by atoms with Crippen molar-refractivity contribution in [3.05, 3.63) is 16.1 Å². The monoisotopic (exact) mass is 323 g/mol. The van der Waals surface area contributed by atoms with Crippen molar-refractivity contribution in [2.24, 2.45) is 5.92 Å². The van der Waals surface area contributed by atoms with E-state index in [9.17, 15) is 0 Å². The first-order valence-electron chi connectivity index (χ1n) is 8.48. The van der Waals surface area contributed by atoms with Gasteiger partial charge < -0.3 is 4.74 Å². The Bertz CT molecular complexity index is 476. The van der Waals surface area contributed by atoms with E-state index in [0.29, 0.717) is 0 Å². The van der Waals surface area contributed by atoms with Gasteiger partial charge in [-0.1, -0.05) is 20.8 Å². The number of aromatic nitrogens is 1. The van der Waals surface area contributed by atoms with Gasteiger partial charge in [0.2, 0.25) is 0 Å². The molecule has 0 spiro atoms. The van der Waals surface area contributed by atoms with Gasteiger partial charge in [0.1, 0.15) is 5.01 Å². The van der Waals surface area contributed by atoms with Crippen molar-refractivity contribution < 1.29 is 4.74 Å². The maximum atomic E-state index is 5.44. The number of morpholine rings is 1.